The van der Waals surface area contributed by atoms with Gasteiger partial charge < -0.3 is 10.4 Å². The molecule has 0 aromatic carbocycles. The van der Waals surface area contributed by atoms with Gasteiger partial charge in [0.1, 0.15) is 6.04 Å². The van der Waals surface area contributed by atoms with Gasteiger partial charge in [-0.3, -0.25) is 4.79 Å². The highest BCUT2D eigenvalue weighted by atomic mass is 32.2. The first-order valence-corrected chi connectivity index (χ1v) is 6.12. The number of aliphatic carboxylic acids is 1. The first kappa shape index (κ1) is 11.4. The van der Waals surface area contributed by atoms with E-state index in [4.69, 9.17) is 5.11 Å². The number of nitrogens with zero attached hydrogens (tertiary/aromatic N) is 1. The maximum absolute atomic E-state index is 11.3. The summed E-state index contributed by atoms with van der Waals surface area (Å²) in [5.74, 6) is -1.02. The van der Waals surface area contributed by atoms with Gasteiger partial charge in [-0.25, -0.2) is 8.42 Å². The number of carbonyl (C=O) groups is 1. The summed E-state index contributed by atoms with van der Waals surface area (Å²) in [7, 11) is -3.31. The Morgan fingerprint density at radius 2 is 2.14 bits per heavy atom. The fourth-order valence-electron chi connectivity index (χ4n) is 1.63. The Balaban J connectivity index is 2.87. The molecule has 1 aliphatic heterocycles. The zero-order valence-electron chi connectivity index (χ0n) is 8.10. The van der Waals surface area contributed by atoms with Crippen molar-refractivity contribution < 1.29 is 18.3 Å². The van der Waals surface area contributed by atoms with Crippen molar-refractivity contribution in [2.24, 2.45) is 0 Å². The summed E-state index contributed by atoms with van der Waals surface area (Å²) in [6, 6.07) is -1.37. The fraction of sp³-hybridized carbons (Fsp3) is 0.857. The smallest absolute Gasteiger partial charge is 0.322 e. The first-order chi connectivity index (χ1) is 6.34. The molecule has 1 fully saturated rings. The number of hydrogen-bond donors (Lipinski definition) is 2. The monoisotopic (exact) mass is 222 g/mol. The summed E-state index contributed by atoms with van der Waals surface area (Å²) >= 11 is 0. The summed E-state index contributed by atoms with van der Waals surface area (Å²) < 4.78 is 23.8. The van der Waals surface area contributed by atoms with Gasteiger partial charge in [0.05, 0.1) is 6.26 Å². The fourth-order valence-corrected chi connectivity index (χ4v) is 2.78. The van der Waals surface area contributed by atoms with Crippen molar-refractivity contribution in [3.05, 3.63) is 0 Å². The third-order valence-electron chi connectivity index (χ3n) is 2.33. The number of nitrogens with one attached hydrogen (secondary N) is 1. The van der Waals surface area contributed by atoms with Crippen molar-refractivity contribution >= 4 is 16.0 Å². The predicted molar refractivity (Wildman–Crippen MR) is 50.4 cm³/mol. The highest BCUT2D eigenvalue weighted by Crippen LogP contribution is 2.12. The van der Waals surface area contributed by atoms with Crippen LogP contribution >= 0.6 is 0 Å². The second-order valence-electron chi connectivity index (χ2n) is 3.38. The summed E-state index contributed by atoms with van der Waals surface area (Å²) in [5, 5.41) is 11.6. The Bertz CT molecular complexity index is 327. The zero-order valence-corrected chi connectivity index (χ0v) is 8.91. The van der Waals surface area contributed by atoms with Crippen molar-refractivity contribution in [1.29, 1.82) is 0 Å². The SMILES string of the molecule is CC1C(C(=O)O)NCCN1S(C)(=O)=O. The van der Waals surface area contributed by atoms with Crippen LogP contribution in [0.3, 0.4) is 0 Å². The van der Waals surface area contributed by atoms with Gasteiger partial charge in [0.25, 0.3) is 0 Å². The van der Waals surface area contributed by atoms with Gasteiger partial charge in [-0.15, -0.1) is 0 Å². The highest BCUT2D eigenvalue weighted by Gasteiger charge is 2.36. The van der Waals surface area contributed by atoms with E-state index < -0.39 is 28.1 Å². The molecule has 2 atom stereocenters. The minimum absolute atomic E-state index is 0.323. The topological polar surface area (TPSA) is 86.7 Å². The number of sulfonamides is 1. The van der Waals surface area contributed by atoms with Crippen LogP contribution in [0.5, 0.6) is 0 Å². The second kappa shape index (κ2) is 3.84. The largest absolute Gasteiger partial charge is 0.480 e. The van der Waals surface area contributed by atoms with Crippen LogP contribution in [0.15, 0.2) is 0 Å². The van der Waals surface area contributed by atoms with E-state index in [1.807, 2.05) is 0 Å². The molecule has 82 valence electrons. The van der Waals surface area contributed by atoms with Crippen molar-refractivity contribution in [3.63, 3.8) is 0 Å². The molecule has 1 heterocycles. The standard InChI is InChI=1S/C7H14N2O4S/c1-5-6(7(10)11)8-3-4-9(5)14(2,12)13/h5-6,8H,3-4H2,1-2H3,(H,10,11). The number of piperazine rings is 1. The van der Waals surface area contributed by atoms with Crippen LogP contribution in [0.2, 0.25) is 0 Å². The molecule has 0 aromatic rings. The maximum atomic E-state index is 11.3. The Morgan fingerprint density at radius 3 is 2.57 bits per heavy atom. The molecule has 0 amide bonds. The number of rotatable bonds is 2. The molecule has 2 unspecified atom stereocenters. The molecule has 14 heavy (non-hydrogen) atoms. The minimum Gasteiger partial charge on any atom is -0.480 e. The molecule has 7 heteroatoms. The average molecular weight is 222 g/mol. The Hall–Kier alpha value is -0.660. The molecule has 6 nitrogen and oxygen atoms in total. The van der Waals surface area contributed by atoms with Crippen LogP contribution in [0.4, 0.5) is 0 Å². The van der Waals surface area contributed by atoms with Crippen LogP contribution in [0.1, 0.15) is 6.92 Å². The van der Waals surface area contributed by atoms with E-state index in [2.05, 4.69) is 5.32 Å². The molecule has 2 N–H and O–H groups in total. The van der Waals surface area contributed by atoms with Gasteiger partial charge >= 0.3 is 5.97 Å². The quantitative estimate of drug-likeness (QED) is 0.606. The van der Waals surface area contributed by atoms with Gasteiger partial charge in [0.15, 0.2) is 0 Å². The summed E-state index contributed by atoms with van der Waals surface area (Å²) in [6.07, 6.45) is 1.09. The van der Waals surface area contributed by atoms with Gasteiger partial charge in [-0.2, -0.15) is 4.31 Å². The molecule has 1 rings (SSSR count). The summed E-state index contributed by atoms with van der Waals surface area (Å²) in [4.78, 5) is 10.8. The van der Waals surface area contributed by atoms with E-state index in [1.165, 1.54) is 4.31 Å². The lowest BCUT2D eigenvalue weighted by atomic mass is 10.1. The molecule has 0 aromatic heterocycles. The Kier molecular flexibility index (Phi) is 3.13. The predicted octanol–water partition coefficient (Wildman–Crippen LogP) is -1.31. The molecular weight excluding hydrogens is 208 g/mol. The number of carboxylic acid groups (broad SMARTS) is 1. The summed E-state index contributed by atoms with van der Waals surface area (Å²) in [6.45, 7) is 2.28. The highest BCUT2D eigenvalue weighted by molar-refractivity contribution is 7.88. The van der Waals surface area contributed by atoms with Crippen molar-refractivity contribution in [2.75, 3.05) is 19.3 Å². The molecule has 0 spiro atoms. The minimum atomic E-state index is -3.31. The van der Waals surface area contributed by atoms with Crippen molar-refractivity contribution in [2.45, 2.75) is 19.0 Å². The van der Waals surface area contributed by atoms with Crippen LogP contribution in [0, 0.1) is 0 Å². The molecule has 0 saturated carbocycles. The van der Waals surface area contributed by atoms with Gasteiger partial charge in [-0.05, 0) is 6.92 Å². The van der Waals surface area contributed by atoms with Crippen molar-refractivity contribution in [1.82, 2.24) is 9.62 Å². The molecule has 0 aliphatic carbocycles. The lowest BCUT2D eigenvalue weighted by Gasteiger charge is -2.36. The Morgan fingerprint density at radius 1 is 1.57 bits per heavy atom. The lowest BCUT2D eigenvalue weighted by molar-refractivity contribution is -0.141. The zero-order chi connectivity index (χ0) is 10.9. The molecule has 1 saturated heterocycles. The maximum Gasteiger partial charge on any atom is 0.322 e. The van der Waals surface area contributed by atoms with Crippen molar-refractivity contribution in [3.8, 4) is 0 Å². The van der Waals surface area contributed by atoms with Crippen LogP contribution < -0.4 is 5.32 Å². The molecule has 0 radical (unpaired) electrons. The Labute approximate surface area is 82.9 Å². The van der Waals surface area contributed by atoms with Gasteiger partial charge in [-0.1, -0.05) is 0 Å². The number of carboxylic acids is 1. The average Bonchev–Trinajstić information content (AvgIpc) is 2.01. The van der Waals surface area contributed by atoms with E-state index in [1.54, 1.807) is 6.92 Å². The normalized spacial score (nSPS) is 30.1. The van der Waals surface area contributed by atoms with Gasteiger partial charge in [0.2, 0.25) is 10.0 Å². The van der Waals surface area contributed by atoms with E-state index in [-0.39, 0.29) is 0 Å². The van der Waals surface area contributed by atoms with Gasteiger partial charge in [0, 0.05) is 19.1 Å². The van der Waals surface area contributed by atoms with Crippen LogP contribution in [-0.2, 0) is 14.8 Å². The van der Waals surface area contributed by atoms with Crippen LogP contribution in [0.25, 0.3) is 0 Å². The molecule has 0 bridgehead atoms. The lowest BCUT2D eigenvalue weighted by Crippen LogP contribution is -2.60. The van der Waals surface area contributed by atoms with E-state index in [9.17, 15) is 13.2 Å². The van der Waals surface area contributed by atoms with E-state index in [0.717, 1.165) is 6.26 Å². The second-order valence-corrected chi connectivity index (χ2v) is 5.32. The van der Waals surface area contributed by atoms with E-state index in [0.29, 0.717) is 13.1 Å². The van der Waals surface area contributed by atoms with Crippen LogP contribution in [-0.4, -0.2) is 55.2 Å². The first-order valence-electron chi connectivity index (χ1n) is 4.27. The number of hydrogen-bond acceptors (Lipinski definition) is 4. The third kappa shape index (κ3) is 2.23. The summed E-state index contributed by atoms with van der Waals surface area (Å²) in [5.41, 5.74) is 0. The third-order valence-corrected chi connectivity index (χ3v) is 3.69. The molecule has 1 aliphatic rings. The molecular formula is C7H14N2O4S. The van der Waals surface area contributed by atoms with E-state index >= 15 is 0 Å².